The van der Waals surface area contributed by atoms with Crippen LogP contribution in [-0.4, -0.2) is 39.6 Å². The van der Waals surface area contributed by atoms with Gasteiger partial charge in [0.05, 0.1) is 19.8 Å². The van der Waals surface area contributed by atoms with Crippen molar-refractivity contribution < 1.29 is 14.2 Å². The normalized spacial score (nSPS) is 11.0. The Kier molecular flexibility index (Phi) is 5.37. The van der Waals surface area contributed by atoms with E-state index in [1.54, 1.807) is 4.52 Å². The van der Waals surface area contributed by atoms with E-state index in [9.17, 15) is 0 Å². The summed E-state index contributed by atoms with van der Waals surface area (Å²) in [7, 11) is 0. The second kappa shape index (κ2) is 7.69. The molecule has 0 aliphatic rings. The van der Waals surface area contributed by atoms with Crippen LogP contribution in [0.3, 0.4) is 0 Å². The summed E-state index contributed by atoms with van der Waals surface area (Å²) in [6.45, 7) is 9.48. The van der Waals surface area contributed by atoms with Crippen LogP contribution in [0.2, 0.25) is 0 Å². The van der Waals surface area contributed by atoms with Crippen LogP contribution >= 0.6 is 11.3 Å². The monoisotopic (exact) mass is 362 g/mol. The standard InChI is InChI=1S/C17H22N4O3S/c1-5-14-18-19-17-21(14)20-16(25-17)11-9-12(22-6-2)15(24-8-4)13(10-11)23-7-3/h9-10H,5-8H2,1-4H3. The van der Waals surface area contributed by atoms with E-state index in [2.05, 4.69) is 15.3 Å². The van der Waals surface area contributed by atoms with Crippen molar-refractivity contribution in [1.29, 1.82) is 0 Å². The third-order valence-electron chi connectivity index (χ3n) is 3.53. The Labute approximate surface area is 150 Å². The number of hydrogen-bond donors (Lipinski definition) is 0. The zero-order valence-corrected chi connectivity index (χ0v) is 15.7. The molecule has 0 radical (unpaired) electrons. The van der Waals surface area contributed by atoms with Gasteiger partial charge in [-0.25, -0.2) is 0 Å². The highest BCUT2D eigenvalue weighted by Crippen LogP contribution is 2.42. The van der Waals surface area contributed by atoms with E-state index in [0.717, 1.165) is 27.8 Å². The Bertz CT molecular complexity index is 832. The van der Waals surface area contributed by atoms with E-state index in [0.29, 0.717) is 37.1 Å². The van der Waals surface area contributed by atoms with Crippen LogP contribution in [0.1, 0.15) is 33.5 Å². The summed E-state index contributed by atoms with van der Waals surface area (Å²) in [5, 5.41) is 13.8. The Morgan fingerprint density at radius 1 is 0.920 bits per heavy atom. The lowest BCUT2D eigenvalue weighted by Gasteiger charge is -2.16. The molecule has 0 aliphatic carbocycles. The molecule has 8 heteroatoms. The summed E-state index contributed by atoms with van der Waals surface area (Å²) in [6.07, 6.45) is 0.780. The molecule has 0 saturated carbocycles. The molecule has 25 heavy (non-hydrogen) atoms. The first-order chi connectivity index (χ1) is 12.2. The number of rotatable bonds is 8. The van der Waals surface area contributed by atoms with Crippen molar-refractivity contribution in [3.8, 4) is 27.8 Å². The molecule has 0 spiro atoms. The van der Waals surface area contributed by atoms with Crippen molar-refractivity contribution in [2.45, 2.75) is 34.1 Å². The van der Waals surface area contributed by atoms with Gasteiger partial charge in [0, 0.05) is 12.0 Å². The van der Waals surface area contributed by atoms with Gasteiger partial charge in [-0.2, -0.15) is 9.61 Å². The van der Waals surface area contributed by atoms with E-state index in [1.807, 2.05) is 39.8 Å². The minimum absolute atomic E-state index is 0.538. The first-order valence-corrected chi connectivity index (χ1v) is 9.31. The Morgan fingerprint density at radius 2 is 1.56 bits per heavy atom. The molecule has 0 unspecified atom stereocenters. The average molecular weight is 362 g/mol. The molecule has 0 bridgehead atoms. The van der Waals surface area contributed by atoms with Gasteiger partial charge in [0.25, 0.3) is 0 Å². The van der Waals surface area contributed by atoms with E-state index < -0.39 is 0 Å². The fourth-order valence-electron chi connectivity index (χ4n) is 2.51. The van der Waals surface area contributed by atoms with Gasteiger partial charge in [-0.3, -0.25) is 0 Å². The van der Waals surface area contributed by atoms with Gasteiger partial charge in [-0.05, 0) is 32.9 Å². The first-order valence-electron chi connectivity index (χ1n) is 8.49. The minimum Gasteiger partial charge on any atom is -0.490 e. The highest BCUT2D eigenvalue weighted by Gasteiger charge is 2.19. The quantitative estimate of drug-likeness (QED) is 0.610. The molecule has 7 nitrogen and oxygen atoms in total. The largest absolute Gasteiger partial charge is 0.490 e. The summed E-state index contributed by atoms with van der Waals surface area (Å²) in [6, 6.07) is 3.88. The fraction of sp³-hybridized carbons (Fsp3) is 0.471. The highest BCUT2D eigenvalue weighted by atomic mass is 32.1. The molecule has 2 heterocycles. The van der Waals surface area contributed by atoms with E-state index in [1.165, 1.54) is 11.3 Å². The van der Waals surface area contributed by atoms with Crippen LogP contribution in [0.25, 0.3) is 15.5 Å². The molecule has 2 aromatic heterocycles. The number of nitrogens with zero attached hydrogens (tertiary/aromatic N) is 4. The Morgan fingerprint density at radius 3 is 2.12 bits per heavy atom. The van der Waals surface area contributed by atoms with Crippen molar-refractivity contribution in [2.75, 3.05) is 19.8 Å². The van der Waals surface area contributed by atoms with Crippen molar-refractivity contribution in [2.24, 2.45) is 0 Å². The van der Waals surface area contributed by atoms with Crippen LogP contribution < -0.4 is 14.2 Å². The van der Waals surface area contributed by atoms with E-state index >= 15 is 0 Å². The van der Waals surface area contributed by atoms with Crippen molar-refractivity contribution in [3.05, 3.63) is 18.0 Å². The summed E-state index contributed by atoms with van der Waals surface area (Å²) >= 11 is 1.49. The van der Waals surface area contributed by atoms with E-state index in [-0.39, 0.29) is 0 Å². The SMILES string of the molecule is CCOc1cc(-c2nn3c(CC)nnc3s2)cc(OCC)c1OCC. The van der Waals surface area contributed by atoms with Gasteiger partial charge < -0.3 is 14.2 Å². The van der Waals surface area contributed by atoms with Gasteiger partial charge in [-0.15, -0.1) is 10.2 Å². The lowest BCUT2D eigenvalue weighted by molar-refractivity contribution is 0.261. The topological polar surface area (TPSA) is 70.8 Å². The van der Waals surface area contributed by atoms with E-state index in [4.69, 9.17) is 14.2 Å². The summed E-state index contributed by atoms with van der Waals surface area (Å²) in [5.41, 5.74) is 0.910. The Hall–Kier alpha value is -2.35. The predicted molar refractivity (Wildman–Crippen MR) is 97.0 cm³/mol. The molecule has 0 amide bonds. The highest BCUT2D eigenvalue weighted by molar-refractivity contribution is 7.19. The maximum Gasteiger partial charge on any atom is 0.234 e. The minimum atomic E-state index is 0.538. The number of aromatic nitrogens is 4. The molecule has 0 atom stereocenters. The number of hydrogen-bond acceptors (Lipinski definition) is 7. The van der Waals surface area contributed by atoms with Crippen LogP contribution in [0.15, 0.2) is 12.1 Å². The fourth-order valence-corrected chi connectivity index (χ4v) is 3.35. The lowest BCUT2D eigenvalue weighted by Crippen LogP contribution is -2.03. The number of fused-ring (bicyclic) bond motifs is 1. The van der Waals surface area contributed by atoms with Crippen molar-refractivity contribution in [1.82, 2.24) is 19.8 Å². The van der Waals surface area contributed by atoms with Gasteiger partial charge in [-0.1, -0.05) is 18.3 Å². The molecule has 1 aromatic carbocycles. The molecule has 3 aromatic rings. The van der Waals surface area contributed by atoms with Gasteiger partial charge in [0.15, 0.2) is 17.3 Å². The number of benzene rings is 1. The van der Waals surface area contributed by atoms with Crippen LogP contribution in [0.4, 0.5) is 0 Å². The number of ether oxygens (including phenoxy) is 3. The summed E-state index contributed by atoms with van der Waals surface area (Å²) in [5.74, 6) is 2.80. The third-order valence-corrected chi connectivity index (χ3v) is 4.48. The van der Waals surface area contributed by atoms with Gasteiger partial charge in [0.1, 0.15) is 5.01 Å². The van der Waals surface area contributed by atoms with Crippen LogP contribution in [0.5, 0.6) is 17.2 Å². The predicted octanol–water partition coefficient (Wildman–Crippen LogP) is 3.61. The summed E-state index contributed by atoms with van der Waals surface area (Å²) < 4.78 is 19.1. The van der Waals surface area contributed by atoms with Crippen LogP contribution in [0, 0.1) is 0 Å². The van der Waals surface area contributed by atoms with Crippen LogP contribution in [-0.2, 0) is 6.42 Å². The maximum atomic E-state index is 5.78. The zero-order chi connectivity index (χ0) is 17.8. The Balaban J connectivity index is 2.11. The molecule has 3 rings (SSSR count). The third kappa shape index (κ3) is 3.39. The molecule has 0 fully saturated rings. The molecule has 0 saturated heterocycles. The molecular weight excluding hydrogens is 340 g/mol. The molecule has 0 aliphatic heterocycles. The maximum absolute atomic E-state index is 5.78. The van der Waals surface area contributed by atoms with Gasteiger partial charge >= 0.3 is 0 Å². The smallest absolute Gasteiger partial charge is 0.234 e. The summed E-state index contributed by atoms with van der Waals surface area (Å²) in [4.78, 5) is 0.775. The first kappa shape index (κ1) is 17.5. The molecular formula is C17H22N4O3S. The lowest BCUT2D eigenvalue weighted by atomic mass is 10.2. The van der Waals surface area contributed by atoms with Gasteiger partial charge in [0.2, 0.25) is 10.7 Å². The second-order valence-corrected chi connectivity index (χ2v) is 6.13. The second-order valence-electron chi connectivity index (χ2n) is 5.17. The molecule has 134 valence electrons. The van der Waals surface area contributed by atoms with Crippen molar-refractivity contribution >= 4 is 16.3 Å². The average Bonchev–Trinajstić information content (AvgIpc) is 3.18. The zero-order valence-electron chi connectivity index (χ0n) is 14.9. The van der Waals surface area contributed by atoms with Crippen molar-refractivity contribution in [3.63, 3.8) is 0 Å². The number of aryl methyl sites for hydroxylation is 1. The molecule has 0 N–H and O–H groups in total.